The highest BCUT2D eigenvalue weighted by atomic mass is 79.9. The molecule has 2 saturated heterocycles. The zero-order valence-corrected chi connectivity index (χ0v) is 19.4. The lowest BCUT2D eigenvalue weighted by Gasteiger charge is -2.36. The van der Waals surface area contributed by atoms with Crippen molar-refractivity contribution < 1.29 is 19.7 Å². The largest absolute Gasteiger partial charge is 0.385 e. The second-order valence-electron chi connectivity index (χ2n) is 8.80. The van der Waals surface area contributed by atoms with Crippen LogP contribution in [0.4, 0.5) is 5.82 Å². The molecule has 4 N–H and O–H groups in total. The summed E-state index contributed by atoms with van der Waals surface area (Å²) in [7, 11) is 0. The number of nitrogens with two attached hydrogens (primary N) is 1. The number of aliphatic hydroxyl groups is 2. The third-order valence-electron chi connectivity index (χ3n) is 6.82. The highest BCUT2D eigenvalue weighted by molar-refractivity contribution is 9.10. The van der Waals surface area contributed by atoms with Gasteiger partial charge >= 0.3 is 0 Å². The van der Waals surface area contributed by atoms with E-state index in [1.54, 1.807) is 0 Å². The van der Waals surface area contributed by atoms with E-state index in [0.29, 0.717) is 11.5 Å². The van der Waals surface area contributed by atoms with Gasteiger partial charge in [0, 0.05) is 23.4 Å². The smallest absolute Gasteiger partial charge is 0.179 e. The monoisotopic (exact) mass is 511 g/mol. The summed E-state index contributed by atoms with van der Waals surface area (Å²) in [5, 5.41) is 24.6. The zero-order chi connectivity index (χ0) is 23.0. The number of anilines is 1. The first kappa shape index (κ1) is 20.9. The predicted octanol–water partition coefficient (Wildman–Crippen LogP) is 2.05. The molecule has 0 radical (unpaired) electrons. The van der Waals surface area contributed by atoms with Gasteiger partial charge in [0.05, 0.1) is 28.9 Å². The third kappa shape index (κ3) is 2.95. The van der Waals surface area contributed by atoms with E-state index in [2.05, 4.69) is 30.9 Å². The lowest BCUT2D eigenvalue weighted by molar-refractivity contribution is -0.156. The molecule has 6 rings (SSSR count). The highest BCUT2D eigenvalue weighted by Crippen LogP contribution is 2.48. The molecule has 9 nitrogen and oxygen atoms in total. The lowest BCUT2D eigenvalue weighted by Crippen LogP contribution is -2.54. The molecule has 0 spiro atoms. The first-order chi connectivity index (χ1) is 15.8. The number of hydrogen-bond donors (Lipinski definition) is 3. The maximum absolute atomic E-state index is 11.6. The molecule has 2 aliphatic heterocycles. The summed E-state index contributed by atoms with van der Waals surface area (Å²) in [5.74, 6) is 0.399. The van der Waals surface area contributed by atoms with Crippen LogP contribution in [-0.2, 0) is 21.6 Å². The molecule has 0 bridgehead atoms. The maximum atomic E-state index is 11.6. The molecule has 33 heavy (non-hydrogen) atoms. The van der Waals surface area contributed by atoms with E-state index >= 15 is 0 Å². The molecule has 170 valence electrons. The molecule has 0 saturated carbocycles. The van der Waals surface area contributed by atoms with Gasteiger partial charge in [-0.25, -0.2) is 15.0 Å². The lowest BCUT2D eigenvalue weighted by atomic mass is 9.86. The molecule has 4 unspecified atom stereocenters. The predicted molar refractivity (Wildman–Crippen MR) is 124 cm³/mol. The van der Waals surface area contributed by atoms with Crippen molar-refractivity contribution in [2.24, 2.45) is 0 Å². The fraction of sp³-hybridized carbons (Fsp3) is 0.348. The Labute approximate surface area is 197 Å². The van der Waals surface area contributed by atoms with Crippen molar-refractivity contribution in [1.29, 1.82) is 0 Å². The van der Waals surface area contributed by atoms with Gasteiger partial charge in [0.15, 0.2) is 5.72 Å². The number of ether oxygens (including phenoxy) is 2. The van der Waals surface area contributed by atoms with Crippen LogP contribution in [0.15, 0.2) is 47.3 Å². The topological polar surface area (TPSA) is 129 Å². The fourth-order valence-corrected chi connectivity index (χ4v) is 5.39. The van der Waals surface area contributed by atoms with E-state index in [1.807, 2.05) is 48.0 Å². The Morgan fingerprint density at radius 2 is 2.12 bits per heavy atom. The summed E-state index contributed by atoms with van der Waals surface area (Å²) in [6.45, 7) is 2.10. The van der Waals surface area contributed by atoms with E-state index in [4.69, 9.17) is 15.2 Å². The number of aliphatic hydroxyl groups excluding tert-OH is 1. The number of rotatable bonds is 3. The molecule has 0 amide bonds. The van der Waals surface area contributed by atoms with Crippen molar-refractivity contribution in [2.45, 2.75) is 36.9 Å². The Balaban J connectivity index is 1.52. The van der Waals surface area contributed by atoms with Crippen molar-refractivity contribution in [2.75, 3.05) is 18.9 Å². The number of aryl methyl sites for hydroxylation is 1. The molecule has 2 aliphatic rings. The minimum atomic E-state index is -1.52. The summed E-state index contributed by atoms with van der Waals surface area (Å²) >= 11 is 3.41. The molecular weight excluding hydrogens is 490 g/mol. The van der Waals surface area contributed by atoms with Gasteiger partial charge in [-0.15, -0.1) is 0 Å². The van der Waals surface area contributed by atoms with E-state index in [0.717, 1.165) is 32.0 Å². The molecule has 10 heteroatoms. The molecule has 5 heterocycles. The first-order valence-electron chi connectivity index (χ1n) is 10.6. The fourth-order valence-electron chi connectivity index (χ4n) is 5.06. The second kappa shape index (κ2) is 7.18. The van der Waals surface area contributed by atoms with Crippen LogP contribution >= 0.6 is 15.9 Å². The zero-order valence-electron chi connectivity index (χ0n) is 17.8. The molecule has 0 aliphatic carbocycles. The molecule has 4 aromatic rings. The number of pyridine rings is 1. The van der Waals surface area contributed by atoms with Gasteiger partial charge in [0.1, 0.15) is 35.6 Å². The van der Waals surface area contributed by atoms with Gasteiger partial charge in [-0.1, -0.05) is 12.1 Å². The summed E-state index contributed by atoms with van der Waals surface area (Å²) in [4.78, 5) is 13.2. The number of nitrogen functional groups attached to an aromatic ring is 1. The van der Waals surface area contributed by atoms with Crippen LogP contribution in [-0.4, -0.2) is 60.8 Å². The van der Waals surface area contributed by atoms with Gasteiger partial charge in [-0.2, -0.15) is 0 Å². The Morgan fingerprint density at radius 3 is 2.94 bits per heavy atom. The van der Waals surface area contributed by atoms with E-state index < -0.39 is 23.5 Å². The van der Waals surface area contributed by atoms with Gasteiger partial charge in [0.2, 0.25) is 0 Å². The van der Waals surface area contributed by atoms with Crippen molar-refractivity contribution in [3.8, 4) is 0 Å². The van der Waals surface area contributed by atoms with E-state index in [1.165, 1.54) is 6.33 Å². The van der Waals surface area contributed by atoms with Crippen LogP contribution in [0.3, 0.4) is 0 Å². The summed E-state index contributed by atoms with van der Waals surface area (Å²) in [6, 6.07) is 9.66. The second-order valence-corrected chi connectivity index (χ2v) is 9.66. The molecule has 4 atom stereocenters. The van der Waals surface area contributed by atoms with E-state index in [9.17, 15) is 10.2 Å². The number of hydrogen-bond acceptors (Lipinski definition) is 8. The highest BCUT2D eigenvalue weighted by Gasteiger charge is 2.66. The van der Waals surface area contributed by atoms with Gasteiger partial charge in [-0.05, 0) is 46.6 Å². The minimum absolute atomic E-state index is 0.00235. The van der Waals surface area contributed by atoms with Crippen LogP contribution < -0.4 is 5.73 Å². The van der Waals surface area contributed by atoms with Crippen molar-refractivity contribution in [1.82, 2.24) is 19.5 Å². The van der Waals surface area contributed by atoms with Crippen LogP contribution in [0.25, 0.3) is 21.9 Å². The Bertz CT molecular complexity index is 1410. The van der Waals surface area contributed by atoms with Gasteiger partial charge < -0.3 is 30.0 Å². The normalized spacial score (nSPS) is 29.2. The number of fused-ring (bicyclic) bond motifs is 3. The number of aromatic nitrogens is 4. The molecule has 1 aromatic carbocycles. The SMILES string of the molecule is Cc1ncnc2c1ccn2C1(Cc2ccc3cc(Br)c(N)nc3c2)OC2COCC2(O)C1O. The van der Waals surface area contributed by atoms with Crippen molar-refractivity contribution >= 4 is 43.7 Å². The van der Waals surface area contributed by atoms with Crippen LogP contribution in [0.2, 0.25) is 0 Å². The van der Waals surface area contributed by atoms with Crippen LogP contribution in [0.5, 0.6) is 0 Å². The Kier molecular flexibility index (Phi) is 4.56. The van der Waals surface area contributed by atoms with Crippen LogP contribution in [0, 0.1) is 6.92 Å². The third-order valence-corrected chi connectivity index (χ3v) is 7.45. The van der Waals surface area contributed by atoms with Crippen LogP contribution in [0.1, 0.15) is 11.3 Å². The standard InChI is InChI=1S/C23H22BrN5O4/c1-12-15-4-5-29(20(15)27-11-26-12)23(21(30)22(31)10-32-9-18(22)33-23)8-13-2-3-14-7-16(24)19(25)28-17(14)6-13/h2-7,11,18,21,30-31H,8-10H2,1H3,(H2,25,28). The van der Waals surface area contributed by atoms with Gasteiger partial charge in [0.25, 0.3) is 0 Å². The number of nitrogens with zero attached hydrogens (tertiary/aromatic N) is 4. The molecule has 2 fully saturated rings. The number of benzene rings is 1. The average molecular weight is 512 g/mol. The van der Waals surface area contributed by atoms with Crippen molar-refractivity contribution in [3.05, 3.63) is 58.6 Å². The quantitative estimate of drug-likeness (QED) is 0.381. The van der Waals surface area contributed by atoms with E-state index in [-0.39, 0.29) is 19.6 Å². The Morgan fingerprint density at radius 1 is 1.27 bits per heavy atom. The molecule has 3 aromatic heterocycles. The minimum Gasteiger partial charge on any atom is -0.385 e. The van der Waals surface area contributed by atoms with Crippen molar-refractivity contribution in [3.63, 3.8) is 0 Å². The maximum Gasteiger partial charge on any atom is 0.179 e. The Hall–Kier alpha value is -2.63. The summed E-state index contributed by atoms with van der Waals surface area (Å²) < 4.78 is 14.4. The summed E-state index contributed by atoms with van der Waals surface area (Å²) in [5.41, 5.74) is 6.20. The van der Waals surface area contributed by atoms with Gasteiger partial charge in [-0.3, -0.25) is 0 Å². The summed E-state index contributed by atoms with van der Waals surface area (Å²) in [6.07, 6.45) is 1.66. The average Bonchev–Trinajstić information content (AvgIpc) is 3.43. The number of halogens is 1. The first-order valence-corrected chi connectivity index (χ1v) is 11.4. The molecular formula is C23H22BrN5O4.